The highest BCUT2D eigenvalue weighted by Crippen LogP contribution is 2.24. The first kappa shape index (κ1) is 14.5. The molecule has 0 aliphatic heterocycles. The van der Waals surface area contributed by atoms with Gasteiger partial charge in [0.2, 0.25) is 0 Å². The first-order valence-electron chi connectivity index (χ1n) is 6.06. The van der Waals surface area contributed by atoms with E-state index in [0.717, 1.165) is 16.9 Å². The van der Waals surface area contributed by atoms with Crippen LogP contribution in [0.1, 0.15) is 37.0 Å². The molecule has 0 saturated heterocycles. The summed E-state index contributed by atoms with van der Waals surface area (Å²) in [5.41, 5.74) is 1.75. The van der Waals surface area contributed by atoms with E-state index in [9.17, 15) is 9.90 Å². The van der Waals surface area contributed by atoms with Gasteiger partial charge >= 0.3 is 5.97 Å². The van der Waals surface area contributed by atoms with Gasteiger partial charge in [-0.05, 0) is 43.5 Å². The maximum Gasteiger partial charge on any atom is 0.305 e. The Morgan fingerprint density at radius 1 is 1.44 bits per heavy atom. The molecule has 1 unspecified atom stereocenters. The van der Waals surface area contributed by atoms with Gasteiger partial charge in [0.15, 0.2) is 0 Å². The summed E-state index contributed by atoms with van der Waals surface area (Å²) in [5.74, 6) is 0.512. The predicted molar refractivity (Wildman–Crippen MR) is 68.6 cm³/mol. The number of esters is 1. The van der Waals surface area contributed by atoms with Crippen molar-refractivity contribution in [1.29, 1.82) is 0 Å². The number of hydrogen-bond donors (Lipinski definition) is 1. The highest BCUT2D eigenvalue weighted by atomic mass is 16.5. The smallest absolute Gasteiger partial charge is 0.305 e. The minimum atomic E-state index is -0.654. The topological polar surface area (TPSA) is 55.8 Å². The highest BCUT2D eigenvalue weighted by Gasteiger charge is 2.12. The monoisotopic (exact) mass is 252 g/mol. The van der Waals surface area contributed by atoms with Crippen LogP contribution >= 0.6 is 0 Å². The SMILES string of the molecule is CCOC(=O)CCC(O)c1ccc(OC)c(C)c1. The van der Waals surface area contributed by atoms with Crippen molar-refractivity contribution in [2.24, 2.45) is 0 Å². The van der Waals surface area contributed by atoms with Crippen LogP contribution in [-0.2, 0) is 9.53 Å². The molecule has 0 spiro atoms. The average molecular weight is 252 g/mol. The molecule has 0 heterocycles. The minimum Gasteiger partial charge on any atom is -0.496 e. The summed E-state index contributed by atoms with van der Waals surface area (Å²) in [6.45, 7) is 4.05. The summed E-state index contributed by atoms with van der Waals surface area (Å²) in [6, 6.07) is 5.49. The van der Waals surface area contributed by atoms with Crippen molar-refractivity contribution in [3.8, 4) is 5.75 Å². The molecule has 0 amide bonds. The fourth-order valence-electron chi connectivity index (χ4n) is 1.76. The van der Waals surface area contributed by atoms with Gasteiger partial charge in [-0.25, -0.2) is 0 Å². The number of methoxy groups -OCH3 is 1. The van der Waals surface area contributed by atoms with Crippen LogP contribution in [0.2, 0.25) is 0 Å². The molecular weight excluding hydrogens is 232 g/mol. The lowest BCUT2D eigenvalue weighted by Crippen LogP contribution is -2.07. The molecule has 0 aliphatic carbocycles. The quantitative estimate of drug-likeness (QED) is 0.790. The second-order valence-corrected chi connectivity index (χ2v) is 4.09. The van der Waals surface area contributed by atoms with Crippen LogP contribution in [0.5, 0.6) is 5.75 Å². The van der Waals surface area contributed by atoms with Gasteiger partial charge in [0.1, 0.15) is 5.75 Å². The molecule has 0 bridgehead atoms. The van der Waals surface area contributed by atoms with Crippen LogP contribution in [0, 0.1) is 6.92 Å². The highest BCUT2D eigenvalue weighted by molar-refractivity contribution is 5.69. The van der Waals surface area contributed by atoms with Crippen LogP contribution in [-0.4, -0.2) is 24.8 Å². The molecule has 0 fully saturated rings. The van der Waals surface area contributed by atoms with Crippen molar-refractivity contribution in [2.75, 3.05) is 13.7 Å². The summed E-state index contributed by atoms with van der Waals surface area (Å²) in [4.78, 5) is 11.2. The van der Waals surface area contributed by atoms with E-state index < -0.39 is 6.10 Å². The lowest BCUT2D eigenvalue weighted by molar-refractivity contribution is -0.143. The van der Waals surface area contributed by atoms with Gasteiger partial charge in [0.05, 0.1) is 19.8 Å². The Labute approximate surface area is 108 Å². The summed E-state index contributed by atoms with van der Waals surface area (Å²) in [7, 11) is 1.61. The Hall–Kier alpha value is -1.55. The molecule has 1 aromatic rings. The Morgan fingerprint density at radius 2 is 2.17 bits per heavy atom. The van der Waals surface area contributed by atoms with E-state index in [2.05, 4.69) is 0 Å². The lowest BCUT2D eigenvalue weighted by Gasteiger charge is -2.13. The first-order chi connectivity index (χ1) is 8.58. The van der Waals surface area contributed by atoms with Crippen molar-refractivity contribution in [3.63, 3.8) is 0 Å². The second kappa shape index (κ2) is 7.01. The molecule has 1 rings (SSSR count). The van der Waals surface area contributed by atoms with Crippen molar-refractivity contribution in [2.45, 2.75) is 32.8 Å². The van der Waals surface area contributed by atoms with Crippen molar-refractivity contribution in [1.82, 2.24) is 0 Å². The fourth-order valence-corrected chi connectivity index (χ4v) is 1.76. The molecule has 0 saturated carbocycles. The van der Waals surface area contributed by atoms with Crippen molar-refractivity contribution in [3.05, 3.63) is 29.3 Å². The summed E-state index contributed by atoms with van der Waals surface area (Å²) < 4.78 is 9.97. The number of aliphatic hydroxyl groups excluding tert-OH is 1. The number of aryl methyl sites for hydroxylation is 1. The second-order valence-electron chi connectivity index (χ2n) is 4.09. The van der Waals surface area contributed by atoms with Crippen LogP contribution in [0.25, 0.3) is 0 Å². The predicted octanol–water partition coefficient (Wildman–Crippen LogP) is 2.38. The van der Waals surface area contributed by atoms with Gasteiger partial charge < -0.3 is 14.6 Å². The molecule has 0 radical (unpaired) electrons. The fraction of sp³-hybridized carbons (Fsp3) is 0.500. The minimum absolute atomic E-state index is 0.222. The van der Waals surface area contributed by atoms with Gasteiger partial charge in [-0.2, -0.15) is 0 Å². The normalized spacial score (nSPS) is 12.0. The summed E-state index contributed by atoms with van der Waals surface area (Å²) in [5, 5.41) is 9.98. The van der Waals surface area contributed by atoms with Gasteiger partial charge in [-0.3, -0.25) is 4.79 Å². The van der Waals surface area contributed by atoms with Crippen molar-refractivity contribution >= 4 is 5.97 Å². The molecule has 4 heteroatoms. The third-order valence-electron chi connectivity index (χ3n) is 2.73. The molecule has 1 N–H and O–H groups in total. The van der Waals surface area contributed by atoms with E-state index in [4.69, 9.17) is 9.47 Å². The maximum atomic E-state index is 11.2. The number of carbonyl (C=O) groups excluding carboxylic acids is 1. The van der Waals surface area contributed by atoms with Crippen LogP contribution < -0.4 is 4.74 Å². The summed E-state index contributed by atoms with van der Waals surface area (Å²) >= 11 is 0. The Balaban J connectivity index is 2.58. The van der Waals surface area contributed by atoms with Gasteiger partial charge in [-0.1, -0.05) is 6.07 Å². The van der Waals surface area contributed by atoms with Crippen molar-refractivity contribution < 1.29 is 19.4 Å². The van der Waals surface area contributed by atoms with Gasteiger partial charge in [0, 0.05) is 6.42 Å². The molecule has 1 atom stereocenters. The molecule has 1 aromatic carbocycles. The molecule has 0 aromatic heterocycles. The zero-order valence-electron chi connectivity index (χ0n) is 11.1. The lowest BCUT2D eigenvalue weighted by atomic mass is 10.0. The number of carbonyl (C=O) groups is 1. The maximum absolute atomic E-state index is 11.2. The van der Waals surface area contributed by atoms with E-state index in [1.807, 2.05) is 25.1 Å². The van der Waals surface area contributed by atoms with Crippen LogP contribution in [0.15, 0.2) is 18.2 Å². The number of benzene rings is 1. The standard InChI is InChI=1S/C14H20O4/c1-4-18-14(16)8-6-12(15)11-5-7-13(17-3)10(2)9-11/h5,7,9,12,15H,4,6,8H2,1-3H3. The summed E-state index contributed by atoms with van der Waals surface area (Å²) in [6.07, 6.45) is -0.0657. The molecule has 4 nitrogen and oxygen atoms in total. The van der Waals surface area contributed by atoms with E-state index in [1.165, 1.54) is 0 Å². The molecule has 18 heavy (non-hydrogen) atoms. The van der Waals surface area contributed by atoms with Gasteiger partial charge in [-0.15, -0.1) is 0 Å². The zero-order chi connectivity index (χ0) is 13.5. The Kier molecular flexibility index (Phi) is 5.65. The van der Waals surface area contributed by atoms with Gasteiger partial charge in [0.25, 0.3) is 0 Å². The molecule has 100 valence electrons. The Morgan fingerprint density at radius 3 is 2.72 bits per heavy atom. The number of rotatable bonds is 6. The molecular formula is C14H20O4. The average Bonchev–Trinajstić information content (AvgIpc) is 2.36. The third-order valence-corrected chi connectivity index (χ3v) is 2.73. The van der Waals surface area contributed by atoms with Crippen LogP contribution in [0.4, 0.5) is 0 Å². The van der Waals surface area contributed by atoms with E-state index in [1.54, 1.807) is 14.0 Å². The largest absolute Gasteiger partial charge is 0.496 e. The van der Waals surface area contributed by atoms with E-state index in [-0.39, 0.29) is 12.4 Å². The van der Waals surface area contributed by atoms with E-state index in [0.29, 0.717) is 13.0 Å². The van der Waals surface area contributed by atoms with Crippen LogP contribution in [0.3, 0.4) is 0 Å². The number of hydrogen-bond acceptors (Lipinski definition) is 4. The third kappa shape index (κ3) is 4.04. The Bertz CT molecular complexity index is 401. The number of aliphatic hydroxyl groups is 1. The molecule has 0 aliphatic rings. The first-order valence-corrected chi connectivity index (χ1v) is 6.06. The zero-order valence-corrected chi connectivity index (χ0v) is 11.1. The number of ether oxygens (including phenoxy) is 2. The van der Waals surface area contributed by atoms with E-state index >= 15 is 0 Å².